The van der Waals surface area contributed by atoms with Crippen molar-refractivity contribution in [1.82, 2.24) is 20.4 Å². The maximum Gasteiger partial charge on any atom is 0.271 e. The summed E-state index contributed by atoms with van der Waals surface area (Å²) < 4.78 is 20.7. The van der Waals surface area contributed by atoms with Crippen LogP contribution in [0.25, 0.3) is 16.9 Å². The number of hydrogen-bond acceptors (Lipinski definition) is 4. The van der Waals surface area contributed by atoms with Gasteiger partial charge in [0.2, 0.25) is 0 Å². The standard InChI is InChI=1S/C26H23FN4O3/c1-34-20-13-11-18(12-14-20)24-17-23(30-31(24)19-7-3-2-4-8-19)26(33)29-16-15-28-25(32)21-9-5-6-10-22(21)27/h2-14,17H,15-16H2,1H3,(H,28,32)(H,29,33). The third-order valence-electron chi connectivity index (χ3n) is 5.14. The molecule has 2 N–H and O–H groups in total. The number of para-hydroxylation sites is 1. The summed E-state index contributed by atoms with van der Waals surface area (Å²) in [6, 6.07) is 24.4. The van der Waals surface area contributed by atoms with Crippen molar-refractivity contribution < 1.29 is 18.7 Å². The van der Waals surface area contributed by atoms with Crippen LogP contribution in [0, 0.1) is 5.82 Å². The lowest BCUT2D eigenvalue weighted by Crippen LogP contribution is -2.35. The Bertz CT molecular complexity index is 1290. The van der Waals surface area contributed by atoms with Crippen LogP contribution in [0.5, 0.6) is 5.75 Å². The van der Waals surface area contributed by atoms with Crippen molar-refractivity contribution in [2.75, 3.05) is 20.2 Å². The molecule has 0 atom stereocenters. The average Bonchev–Trinajstić information content (AvgIpc) is 3.33. The van der Waals surface area contributed by atoms with Gasteiger partial charge in [0.25, 0.3) is 11.8 Å². The number of aromatic nitrogens is 2. The molecule has 0 aliphatic rings. The molecule has 0 saturated carbocycles. The molecule has 0 aliphatic carbocycles. The molecule has 0 radical (unpaired) electrons. The van der Waals surface area contributed by atoms with Gasteiger partial charge in [0.1, 0.15) is 11.6 Å². The molecule has 0 spiro atoms. The number of hydrogen-bond donors (Lipinski definition) is 2. The van der Waals surface area contributed by atoms with E-state index in [-0.39, 0.29) is 30.3 Å². The first kappa shape index (κ1) is 22.7. The Morgan fingerprint density at radius 3 is 2.21 bits per heavy atom. The quantitative estimate of drug-likeness (QED) is 0.393. The minimum absolute atomic E-state index is 0.0421. The number of halogens is 1. The molecular formula is C26H23FN4O3. The summed E-state index contributed by atoms with van der Waals surface area (Å²) in [6.07, 6.45) is 0. The smallest absolute Gasteiger partial charge is 0.271 e. The SMILES string of the molecule is COc1ccc(-c2cc(C(=O)NCCNC(=O)c3ccccc3F)nn2-c2ccccc2)cc1. The lowest BCUT2D eigenvalue weighted by molar-refractivity contribution is 0.0923. The highest BCUT2D eigenvalue weighted by Gasteiger charge is 2.17. The monoisotopic (exact) mass is 458 g/mol. The van der Waals surface area contributed by atoms with Crippen molar-refractivity contribution in [1.29, 1.82) is 0 Å². The Morgan fingerprint density at radius 1 is 0.882 bits per heavy atom. The number of amides is 2. The van der Waals surface area contributed by atoms with E-state index in [1.807, 2.05) is 54.6 Å². The van der Waals surface area contributed by atoms with Crippen LogP contribution >= 0.6 is 0 Å². The summed E-state index contributed by atoms with van der Waals surface area (Å²) in [5, 5.41) is 9.84. The van der Waals surface area contributed by atoms with Gasteiger partial charge in [0, 0.05) is 18.7 Å². The lowest BCUT2D eigenvalue weighted by Gasteiger charge is -2.08. The molecule has 4 aromatic rings. The number of rotatable bonds is 8. The zero-order chi connectivity index (χ0) is 23.9. The maximum absolute atomic E-state index is 13.7. The fraction of sp³-hybridized carbons (Fsp3) is 0.115. The first-order chi connectivity index (χ1) is 16.6. The molecule has 8 heteroatoms. The number of carbonyl (C=O) groups is 2. The van der Waals surface area contributed by atoms with Gasteiger partial charge in [-0.3, -0.25) is 9.59 Å². The molecule has 1 aromatic heterocycles. The molecule has 0 saturated heterocycles. The normalized spacial score (nSPS) is 10.5. The molecule has 1 heterocycles. The second-order valence-corrected chi connectivity index (χ2v) is 7.38. The van der Waals surface area contributed by atoms with E-state index in [2.05, 4.69) is 15.7 Å². The predicted octanol–water partition coefficient (Wildman–Crippen LogP) is 3.85. The highest BCUT2D eigenvalue weighted by molar-refractivity contribution is 5.95. The second-order valence-electron chi connectivity index (χ2n) is 7.38. The van der Waals surface area contributed by atoms with E-state index in [1.165, 1.54) is 18.2 Å². The van der Waals surface area contributed by atoms with E-state index in [0.717, 1.165) is 22.7 Å². The van der Waals surface area contributed by atoms with Gasteiger partial charge in [0.15, 0.2) is 5.69 Å². The molecule has 7 nitrogen and oxygen atoms in total. The second kappa shape index (κ2) is 10.4. The zero-order valence-electron chi connectivity index (χ0n) is 18.5. The van der Waals surface area contributed by atoms with Gasteiger partial charge in [-0.25, -0.2) is 9.07 Å². The van der Waals surface area contributed by atoms with Crippen molar-refractivity contribution in [3.8, 4) is 22.7 Å². The van der Waals surface area contributed by atoms with Crippen LogP contribution in [0.3, 0.4) is 0 Å². The van der Waals surface area contributed by atoms with Crippen LogP contribution in [0.4, 0.5) is 4.39 Å². The van der Waals surface area contributed by atoms with E-state index in [4.69, 9.17) is 4.74 Å². The van der Waals surface area contributed by atoms with Gasteiger partial charge in [0.05, 0.1) is 24.1 Å². The Morgan fingerprint density at radius 2 is 1.53 bits per heavy atom. The summed E-state index contributed by atoms with van der Waals surface area (Å²) >= 11 is 0. The van der Waals surface area contributed by atoms with Crippen molar-refractivity contribution in [3.63, 3.8) is 0 Å². The van der Waals surface area contributed by atoms with Gasteiger partial charge < -0.3 is 15.4 Å². The van der Waals surface area contributed by atoms with Crippen LogP contribution < -0.4 is 15.4 Å². The van der Waals surface area contributed by atoms with Gasteiger partial charge >= 0.3 is 0 Å². The third kappa shape index (κ3) is 5.12. The summed E-state index contributed by atoms with van der Waals surface area (Å²) in [4.78, 5) is 24.9. The van der Waals surface area contributed by atoms with E-state index >= 15 is 0 Å². The molecule has 0 bridgehead atoms. The molecule has 0 unspecified atom stereocenters. The summed E-state index contributed by atoms with van der Waals surface area (Å²) in [5.74, 6) is -0.793. The molecule has 3 aromatic carbocycles. The van der Waals surface area contributed by atoms with Crippen molar-refractivity contribution in [2.24, 2.45) is 0 Å². The number of ether oxygens (including phenoxy) is 1. The number of nitrogens with zero attached hydrogens (tertiary/aromatic N) is 2. The van der Waals surface area contributed by atoms with Gasteiger partial charge in [-0.15, -0.1) is 0 Å². The van der Waals surface area contributed by atoms with E-state index in [0.29, 0.717) is 0 Å². The van der Waals surface area contributed by atoms with Crippen molar-refractivity contribution in [2.45, 2.75) is 0 Å². The molecule has 4 rings (SSSR count). The Kier molecular flexibility index (Phi) is 6.98. The molecule has 2 amide bonds. The zero-order valence-corrected chi connectivity index (χ0v) is 18.5. The van der Waals surface area contributed by atoms with Crippen LogP contribution in [0.15, 0.2) is 84.9 Å². The van der Waals surface area contributed by atoms with E-state index in [1.54, 1.807) is 23.9 Å². The van der Waals surface area contributed by atoms with E-state index < -0.39 is 11.7 Å². The summed E-state index contributed by atoms with van der Waals surface area (Å²) in [7, 11) is 1.60. The Hall–Kier alpha value is -4.46. The molecule has 0 aliphatic heterocycles. The fourth-order valence-corrected chi connectivity index (χ4v) is 3.41. The summed E-state index contributed by atoms with van der Waals surface area (Å²) in [5.41, 5.74) is 2.61. The van der Waals surface area contributed by atoms with Crippen LogP contribution in [-0.2, 0) is 0 Å². The Labute approximate surface area is 196 Å². The van der Waals surface area contributed by atoms with Crippen LogP contribution in [0.2, 0.25) is 0 Å². The third-order valence-corrected chi connectivity index (χ3v) is 5.14. The number of carbonyl (C=O) groups excluding carboxylic acids is 2. The molecule has 0 fully saturated rings. The topological polar surface area (TPSA) is 85.2 Å². The largest absolute Gasteiger partial charge is 0.497 e. The first-order valence-electron chi connectivity index (χ1n) is 10.7. The van der Waals surface area contributed by atoms with Crippen LogP contribution in [0.1, 0.15) is 20.8 Å². The Balaban J connectivity index is 1.46. The van der Waals surface area contributed by atoms with Gasteiger partial charge in [-0.2, -0.15) is 5.10 Å². The highest BCUT2D eigenvalue weighted by atomic mass is 19.1. The van der Waals surface area contributed by atoms with E-state index in [9.17, 15) is 14.0 Å². The van der Waals surface area contributed by atoms with Crippen molar-refractivity contribution >= 4 is 11.8 Å². The maximum atomic E-state index is 13.7. The number of nitrogens with one attached hydrogen (secondary N) is 2. The lowest BCUT2D eigenvalue weighted by atomic mass is 10.1. The highest BCUT2D eigenvalue weighted by Crippen LogP contribution is 2.26. The minimum Gasteiger partial charge on any atom is -0.497 e. The number of methoxy groups -OCH3 is 1. The summed E-state index contributed by atoms with van der Waals surface area (Å²) in [6.45, 7) is 0.304. The fourth-order valence-electron chi connectivity index (χ4n) is 3.41. The van der Waals surface area contributed by atoms with Crippen molar-refractivity contribution in [3.05, 3.63) is 102 Å². The molecular weight excluding hydrogens is 435 g/mol. The first-order valence-corrected chi connectivity index (χ1v) is 10.7. The average molecular weight is 458 g/mol. The predicted molar refractivity (Wildman–Crippen MR) is 127 cm³/mol. The number of benzene rings is 3. The molecule has 34 heavy (non-hydrogen) atoms. The van der Waals surface area contributed by atoms with Gasteiger partial charge in [-0.1, -0.05) is 30.3 Å². The van der Waals surface area contributed by atoms with Crippen LogP contribution in [-0.4, -0.2) is 41.8 Å². The minimum atomic E-state index is -0.596. The van der Waals surface area contributed by atoms with Gasteiger partial charge in [-0.05, 0) is 54.6 Å². The molecule has 172 valence electrons.